The van der Waals surface area contributed by atoms with Crippen molar-refractivity contribution in [1.29, 1.82) is 0 Å². The van der Waals surface area contributed by atoms with E-state index in [4.69, 9.17) is 4.42 Å². The van der Waals surface area contributed by atoms with Gasteiger partial charge in [0.1, 0.15) is 17.3 Å². The fraction of sp³-hybridized carbons (Fsp3) is 0.375. The van der Waals surface area contributed by atoms with Crippen molar-refractivity contribution >= 4 is 15.9 Å². The molecule has 1 aromatic heterocycles. The zero-order valence-corrected chi connectivity index (χ0v) is 13.6. The van der Waals surface area contributed by atoms with Gasteiger partial charge in [-0.25, -0.2) is 4.39 Å². The van der Waals surface area contributed by atoms with Gasteiger partial charge in [-0.05, 0) is 66.5 Å². The summed E-state index contributed by atoms with van der Waals surface area (Å²) < 4.78 is 19.9. The first-order valence-corrected chi connectivity index (χ1v) is 7.57. The maximum Gasteiger partial charge on any atom is 0.137 e. The summed E-state index contributed by atoms with van der Waals surface area (Å²) in [7, 11) is 0. The summed E-state index contributed by atoms with van der Waals surface area (Å²) in [5.74, 6) is 1.50. The maximum atomic E-state index is 13.8. The lowest BCUT2D eigenvalue weighted by Crippen LogP contribution is -2.23. The molecule has 0 bridgehead atoms. The molecule has 0 amide bonds. The Morgan fingerprint density at radius 3 is 2.60 bits per heavy atom. The summed E-state index contributed by atoms with van der Waals surface area (Å²) in [5, 5.41) is 3.46. The van der Waals surface area contributed by atoms with Crippen LogP contribution in [0.3, 0.4) is 0 Å². The van der Waals surface area contributed by atoms with Gasteiger partial charge in [0.25, 0.3) is 0 Å². The second-order valence-corrected chi connectivity index (χ2v) is 5.78. The van der Waals surface area contributed by atoms with E-state index in [1.54, 1.807) is 12.1 Å². The minimum atomic E-state index is -0.247. The SMILES string of the molecule is CCCNC(c1ccc(Br)c(F)c1)c1cc(C)oc1C. The van der Waals surface area contributed by atoms with Gasteiger partial charge in [-0.15, -0.1) is 0 Å². The predicted octanol–water partition coefficient (Wildman–Crippen LogP) is 4.89. The van der Waals surface area contributed by atoms with Crippen molar-refractivity contribution in [3.8, 4) is 0 Å². The number of aryl methyl sites for hydroxylation is 2. The maximum absolute atomic E-state index is 13.8. The quantitative estimate of drug-likeness (QED) is 0.839. The van der Waals surface area contributed by atoms with Crippen molar-refractivity contribution in [1.82, 2.24) is 5.32 Å². The number of furan rings is 1. The highest BCUT2D eigenvalue weighted by Gasteiger charge is 2.19. The van der Waals surface area contributed by atoms with E-state index in [0.717, 1.165) is 35.6 Å². The first-order valence-electron chi connectivity index (χ1n) is 6.78. The Hall–Kier alpha value is -1.13. The largest absolute Gasteiger partial charge is 0.466 e. The van der Waals surface area contributed by atoms with Gasteiger partial charge in [-0.3, -0.25) is 0 Å². The smallest absolute Gasteiger partial charge is 0.137 e. The summed E-state index contributed by atoms with van der Waals surface area (Å²) in [4.78, 5) is 0. The molecule has 1 N–H and O–H groups in total. The van der Waals surface area contributed by atoms with E-state index < -0.39 is 0 Å². The van der Waals surface area contributed by atoms with E-state index in [1.165, 1.54) is 0 Å². The van der Waals surface area contributed by atoms with Crippen molar-refractivity contribution in [2.24, 2.45) is 0 Å². The monoisotopic (exact) mass is 339 g/mol. The number of halogens is 2. The van der Waals surface area contributed by atoms with Crippen LogP contribution in [0.1, 0.15) is 42.0 Å². The fourth-order valence-corrected chi connectivity index (χ4v) is 2.57. The van der Waals surface area contributed by atoms with Gasteiger partial charge < -0.3 is 9.73 Å². The van der Waals surface area contributed by atoms with Gasteiger partial charge in [0.2, 0.25) is 0 Å². The Kier molecular flexibility index (Phi) is 5.00. The molecule has 108 valence electrons. The van der Waals surface area contributed by atoms with E-state index in [0.29, 0.717) is 4.47 Å². The van der Waals surface area contributed by atoms with E-state index in [-0.39, 0.29) is 11.9 Å². The average molecular weight is 340 g/mol. The molecule has 0 aliphatic carbocycles. The Morgan fingerprint density at radius 1 is 1.30 bits per heavy atom. The summed E-state index contributed by atoms with van der Waals surface area (Å²) in [6, 6.07) is 7.22. The van der Waals surface area contributed by atoms with Crippen LogP contribution in [-0.2, 0) is 0 Å². The normalized spacial score (nSPS) is 12.7. The number of nitrogens with one attached hydrogen (secondary N) is 1. The lowest BCUT2D eigenvalue weighted by atomic mass is 9.98. The van der Waals surface area contributed by atoms with Crippen molar-refractivity contribution < 1.29 is 8.81 Å². The second kappa shape index (κ2) is 6.55. The zero-order valence-electron chi connectivity index (χ0n) is 12.0. The number of hydrogen-bond donors (Lipinski definition) is 1. The predicted molar refractivity (Wildman–Crippen MR) is 82.4 cm³/mol. The number of benzene rings is 1. The van der Waals surface area contributed by atoms with Crippen LogP contribution < -0.4 is 5.32 Å². The van der Waals surface area contributed by atoms with Crippen LogP contribution in [0.25, 0.3) is 0 Å². The molecule has 0 aliphatic heterocycles. The van der Waals surface area contributed by atoms with Gasteiger partial charge in [0, 0.05) is 5.56 Å². The molecule has 20 heavy (non-hydrogen) atoms. The second-order valence-electron chi connectivity index (χ2n) is 4.93. The molecule has 1 atom stereocenters. The van der Waals surface area contributed by atoms with E-state index in [9.17, 15) is 4.39 Å². The Morgan fingerprint density at radius 2 is 2.05 bits per heavy atom. The van der Waals surface area contributed by atoms with Crippen LogP contribution >= 0.6 is 15.9 Å². The molecule has 0 saturated heterocycles. The first-order chi connectivity index (χ1) is 9.52. The van der Waals surface area contributed by atoms with Crippen LogP contribution in [0.4, 0.5) is 4.39 Å². The molecule has 0 spiro atoms. The Bertz CT molecular complexity index is 594. The van der Waals surface area contributed by atoms with Crippen molar-refractivity contribution in [3.05, 3.63) is 57.2 Å². The standard InChI is InChI=1S/C16H19BrFNO/c1-4-7-19-16(13-8-10(2)20-11(13)3)12-5-6-14(17)15(18)9-12/h5-6,8-9,16,19H,4,7H2,1-3H3. The molecule has 0 fully saturated rings. The van der Waals surface area contributed by atoms with Crippen molar-refractivity contribution in [2.45, 2.75) is 33.2 Å². The fourth-order valence-electron chi connectivity index (χ4n) is 2.33. The van der Waals surface area contributed by atoms with Crippen LogP contribution in [0.15, 0.2) is 33.2 Å². The molecule has 2 aromatic rings. The highest BCUT2D eigenvalue weighted by atomic mass is 79.9. The Labute approximate surface area is 127 Å². The summed E-state index contributed by atoms with van der Waals surface area (Å²) in [6.07, 6.45) is 1.02. The third-order valence-electron chi connectivity index (χ3n) is 3.27. The molecule has 4 heteroatoms. The summed E-state index contributed by atoms with van der Waals surface area (Å²) in [6.45, 7) is 6.85. The van der Waals surface area contributed by atoms with Crippen LogP contribution in [-0.4, -0.2) is 6.54 Å². The molecule has 0 aliphatic rings. The Balaban J connectivity index is 2.41. The van der Waals surface area contributed by atoms with Gasteiger partial charge in [0.15, 0.2) is 0 Å². The van der Waals surface area contributed by atoms with Gasteiger partial charge in [-0.1, -0.05) is 13.0 Å². The molecular weight excluding hydrogens is 321 g/mol. The topological polar surface area (TPSA) is 25.2 Å². The van der Waals surface area contributed by atoms with Crippen LogP contribution in [0.2, 0.25) is 0 Å². The molecule has 2 rings (SSSR count). The molecule has 0 saturated carbocycles. The molecule has 2 nitrogen and oxygen atoms in total. The van der Waals surface area contributed by atoms with Gasteiger partial charge in [-0.2, -0.15) is 0 Å². The summed E-state index contributed by atoms with van der Waals surface area (Å²) in [5.41, 5.74) is 1.97. The first kappa shape index (κ1) is 15.3. The number of rotatable bonds is 5. The van der Waals surface area contributed by atoms with Gasteiger partial charge in [0.05, 0.1) is 10.5 Å². The number of hydrogen-bond acceptors (Lipinski definition) is 2. The average Bonchev–Trinajstić information content (AvgIpc) is 2.73. The third-order valence-corrected chi connectivity index (χ3v) is 3.91. The van der Waals surface area contributed by atoms with Crippen molar-refractivity contribution in [2.75, 3.05) is 6.54 Å². The van der Waals surface area contributed by atoms with Crippen LogP contribution in [0, 0.1) is 19.7 Å². The lowest BCUT2D eigenvalue weighted by molar-refractivity contribution is 0.493. The van der Waals surface area contributed by atoms with E-state index in [2.05, 4.69) is 28.2 Å². The minimum absolute atomic E-state index is 0.0463. The van der Waals surface area contributed by atoms with Crippen LogP contribution in [0.5, 0.6) is 0 Å². The molecular formula is C16H19BrFNO. The molecule has 1 heterocycles. The lowest BCUT2D eigenvalue weighted by Gasteiger charge is -2.19. The zero-order chi connectivity index (χ0) is 14.7. The summed E-state index contributed by atoms with van der Waals surface area (Å²) >= 11 is 3.19. The highest BCUT2D eigenvalue weighted by Crippen LogP contribution is 2.29. The third kappa shape index (κ3) is 3.30. The highest BCUT2D eigenvalue weighted by molar-refractivity contribution is 9.10. The molecule has 0 radical (unpaired) electrons. The van der Waals surface area contributed by atoms with E-state index in [1.807, 2.05) is 26.0 Å². The molecule has 1 unspecified atom stereocenters. The van der Waals surface area contributed by atoms with Crippen molar-refractivity contribution in [3.63, 3.8) is 0 Å². The minimum Gasteiger partial charge on any atom is -0.466 e. The van der Waals surface area contributed by atoms with E-state index >= 15 is 0 Å². The molecule has 1 aromatic carbocycles. The van der Waals surface area contributed by atoms with Gasteiger partial charge >= 0.3 is 0 Å².